The predicted molar refractivity (Wildman–Crippen MR) is 74.1 cm³/mol. The molecule has 1 rings (SSSR count). The van der Waals surface area contributed by atoms with Crippen molar-refractivity contribution >= 4 is 15.9 Å². The average molecular weight is 319 g/mol. The smallest absolute Gasteiger partial charge is 0.137 e. The van der Waals surface area contributed by atoms with Gasteiger partial charge >= 0.3 is 0 Å². The van der Waals surface area contributed by atoms with E-state index < -0.39 is 11.7 Å². The Morgan fingerprint density at radius 3 is 2.61 bits per heavy atom. The fourth-order valence-electron chi connectivity index (χ4n) is 1.87. The molecule has 18 heavy (non-hydrogen) atoms. The predicted octanol–water partition coefficient (Wildman–Crippen LogP) is 3.70. The van der Waals surface area contributed by atoms with E-state index in [9.17, 15) is 9.50 Å². The number of aliphatic hydroxyl groups is 1. The van der Waals surface area contributed by atoms with Gasteiger partial charge in [0.2, 0.25) is 0 Å². The molecule has 2 nitrogen and oxygen atoms in total. The van der Waals surface area contributed by atoms with E-state index in [0.717, 1.165) is 12.0 Å². The monoisotopic (exact) mass is 318 g/mol. The molecule has 2 unspecified atom stereocenters. The van der Waals surface area contributed by atoms with Crippen LogP contribution in [0.4, 0.5) is 4.39 Å². The minimum absolute atomic E-state index is 0.295. The zero-order valence-corrected chi connectivity index (χ0v) is 12.6. The van der Waals surface area contributed by atoms with Crippen LogP contribution in [0.1, 0.15) is 32.8 Å². The normalized spacial score (nSPS) is 16.3. The largest absolute Gasteiger partial charge is 0.390 e. The van der Waals surface area contributed by atoms with Crippen LogP contribution in [0, 0.1) is 5.82 Å². The molecular formula is C14H20BrFO2. The molecular weight excluding hydrogens is 299 g/mol. The lowest BCUT2D eigenvalue weighted by Gasteiger charge is -2.33. The average Bonchev–Trinajstić information content (AvgIpc) is 2.34. The standard InChI is InChI=1S/C14H20BrFO2/c1-4-14(3,18-5-2)13(17)9-10-6-7-12(16)11(15)8-10/h6-8,13,17H,4-5,9H2,1-3H3. The minimum Gasteiger partial charge on any atom is -0.390 e. The van der Waals surface area contributed by atoms with E-state index in [1.807, 2.05) is 20.8 Å². The van der Waals surface area contributed by atoms with Gasteiger partial charge in [0.1, 0.15) is 5.82 Å². The van der Waals surface area contributed by atoms with Crippen LogP contribution < -0.4 is 0 Å². The molecule has 0 saturated heterocycles. The molecule has 0 amide bonds. The van der Waals surface area contributed by atoms with Crippen LogP contribution in [0.25, 0.3) is 0 Å². The second-order valence-corrected chi connectivity index (χ2v) is 5.42. The molecule has 0 fully saturated rings. The molecule has 0 spiro atoms. The van der Waals surface area contributed by atoms with Crippen molar-refractivity contribution in [3.8, 4) is 0 Å². The number of rotatable bonds is 6. The van der Waals surface area contributed by atoms with E-state index in [4.69, 9.17) is 4.74 Å². The van der Waals surface area contributed by atoms with Crippen molar-refractivity contribution in [1.29, 1.82) is 0 Å². The maximum absolute atomic E-state index is 13.1. The summed E-state index contributed by atoms with van der Waals surface area (Å²) in [5.74, 6) is -0.295. The van der Waals surface area contributed by atoms with Gasteiger partial charge in [-0.05, 0) is 53.9 Å². The fourth-order valence-corrected chi connectivity index (χ4v) is 2.30. The van der Waals surface area contributed by atoms with Crippen molar-refractivity contribution in [3.05, 3.63) is 34.1 Å². The highest BCUT2D eigenvalue weighted by atomic mass is 79.9. The maximum Gasteiger partial charge on any atom is 0.137 e. The van der Waals surface area contributed by atoms with Crippen molar-refractivity contribution in [2.75, 3.05) is 6.61 Å². The number of benzene rings is 1. The van der Waals surface area contributed by atoms with E-state index in [1.54, 1.807) is 12.1 Å². The first-order valence-electron chi connectivity index (χ1n) is 6.19. The summed E-state index contributed by atoms with van der Waals surface area (Å²) in [6.07, 6.45) is 0.563. The molecule has 1 aromatic rings. The zero-order chi connectivity index (χ0) is 13.8. The van der Waals surface area contributed by atoms with Crippen LogP contribution in [0.3, 0.4) is 0 Å². The van der Waals surface area contributed by atoms with Crippen molar-refractivity contribution in [2.24, 2.45) is 0 Å². The molecule has 0 heterocycles. The Kier molecular flexibility index (Phi) is 5.76. The summed E-state index contributed by atoms with van der Waals surface area (Å²) >= 11 is 3.15. The van der Waals surface area contributed by atoms with Gasteiger partial charge in [-0.1, -0.05) is 13.0 Å². The van der Waals surface area contributed by atoms with E-state index in [1.165, 1.54) is 6.07 Å². The lowest BCUT2D eigenvalue weighted by Crippen LogP contribution is -2.42. The molecule has 0 aromatic heterocycles. The summed E-state index contributed by atoms with van der Waals surface area (Å²) in [5, 5.41) is 10.3. The number of hydrogen-bond donors (Lipinski definition) is 1. The van der Waals surface area contributed by atoms with Gasteiger partial charge in [0, 0.05) is 13.0 Å². The topological polar surface area (TPSA) is 29.5 Å². The maximum atomic E-state index is 13.1. The number of hydrogen-bond acceptors (Lipinski definition) is 2. The van der Waals surface area contributed by atoms with Crippen LogP contribution in [-0.4, -0.2) is 23.4 Å². The molecule has 0 aliphatic carbocycles. The van der Waals surface area contributed by atoms with Gasteiger partial charge in [-0.15, -0.1) is 0 Å². The number of aliphatic hydroxyl groups excluding tert-OH is 1. The zero-order valence-electron chi connectivity index (χ0n) is 11.0. The molecule has 2 atom stereocenters. The number of ether oxygens (including phenoxy) is 1. The Hall–Kier alpha value is -0.450. The Balaban J connectivity index is 2.79. The second kappa shape index (κ2) is 6.64. The van der Waals surface area contributed by atoms with E-state index >= 15 is 0 Å². The Morgan fingerprint density at radius 1 is 1.44 bits per heavy atom. The third-order valence-electron chi connectivity index (χ3n) is 3.29. The van der Waals surface area contributed by atoms with Gasteiger partial charge in [0.15, 0.2) is 0 Å². The summed E-state index contributed by atoms with van der Waals surface area (Å²) < 4.78 is 19.2. The molecule has 0 aliphatic heterocycles. The van der Waals surface area contributed by atoms with Crippen molar-refractivity contribution < 1.29 is 14.2 Å². The third-order valence-corrected chi connectivity index (χ3v) is 3.90. The quantitative estimate of drug-likeness (QED) is 0.866. The van der Waals surface area contributed by atoms with Crippen LogP contribution in [0.15, 0.2) is 22.7 Å². The lowest BCUT2D eigenvalue weighted by atomic mass is 9.91. The minimum atomic E-state index is -0.611. The van der Waals surface area contributed by atoms with Crippen LogP contribution in [0.5, 0.6) is 0 Å². The highest BCUT2D eigenvalue weighted by Crippen LogP contribution is 2.25. The summed E-state index contributed by atoms with van der Waals surface area (Å²) in [7, 11) is 0. The van der Waals surface area contributed by atoms with Gasteiger partial charge in [-0.3, -0.25) is 0 Å². The van der Waals surface area contributed by atoms with Gasteiger partial charge < -0.3 is 9.84 Å². The first-order chi connectivity index (χ1) is 8.42. The van der Waals surface area contributed by atoms with Crippen molar-refractivity contribution in [1.82, 2.24) is 0 Å². The van der Waals surface area contributed by atoms with Crippen LogP contribution >= 0.6 is 15.9 Å². The van der Waals surface area contributed by atoms with Gasteiger partial charge in [-0.25, -0.2) is 4.39 Å². The van der Waals surface area contributed by atoms with Gasteiger partial charge in [-0.2, -0.15) is 0 Å². The van der Waals surface area contributed by atoms with Crippen molar-refractivity contribution in [3.63, 3.8) is 0 Å². The van der Waals surface area contributed by atoms with Crippen LogP contribution in [-0.2, 0) is 11.2 Å². The molecule has 0 radical (unpaired) electrons. The molecule has 0 saturated carbocycles. The Labute approximate surface area is 116 Å². The second-order valence-electron chi connectivity index (χ2n) is 4.57. The summed E-state index contributed by atoms with van der Waals surface area (Å²) in [6.45, 7) is 6.36. The molecule has 4 heteroatoms. The highest BCUT2D eigenvalue weighted by molar-refractivity contribution is 9.10. The first-order valence-corrected chi connectivity index (χ1v) is 6.98. The molecule has 1 N–H and O–H groups in total. The Morgan fingerprint density at radius 2 is 2.11 bits per heavy atom. The molecule has 0 aliphatic rings. The SMILES string of the molecule is CCOC(C)(CC)C(O)Cc1ccc(F)c(Br)c1. The van der Waals surface area contributed by atoms with Gasteiger partial charge in [0.25, 0.3) is 0 Å². The molecule has 0 bridgehead atoms. The summed E-state index contributed by atoms with van der Waals surface area (Å²) in [6, 6.07) is 4.78. The van der Waals surface area contributed by atoms with Gasteiger partial charge in [0.05, 0.1) is 16.2 Å². The fraction of sp³-hybridized carbons (Fsp3) is 0.571. The van der Waals surface area contributed by atoms with E-state index in [-0.39, 0.29) is 5.82 Å². The molecule has 1 aromatic carbocycles. The van der Waals surface area contributed by atoms with Crippen molar-refractivity contribution in [2.45, 2.75) is 45.3 Å². The third kappa shape index (κ3) is 3.77. The van der Waals surface area contributed by atoms with E-state index in [2.05, 4.69) is 15.9 Å². The summed E-state index contributed by atoms with van der Waals surface area (Å²) in [4.78, 5) is 0. The highest BCUT2D eigenvalue weighted by Gasteiger charge is 2.31. The number of halogens is 2. The summed E-state index contributed by atoms with van der Waals surface area (Å²) in [5.41, 5.74) is 0.324. The molecule has 102 valence electrons. The van der Waals surface area contributed by atoms with Crippen LogP contribution in [0.2, 0.25) is 0 Å². The van der Waals surface area contributed by atoms with E-state index in [0.29, 0.717) is 17.5 Å². The lowest BCUT2D eigenvalue weighted by molar-refractivity contribution is -0.110. The Bertz CT molecular complexity index is 397. The first kappa shape index (κ1) is 15.6.